The molecular weight excluding hydrogens is 402 g/mol. The molecule has 1 atom stereocenters. The number of nitriles is 1. The quantitative estimate of drug-likeness (QED) is 0.612. The van der Waals surface area contributed by atoms with Crippen molar-refractivity contribution in [3.05, 3.63) is 59.0 Å². The van der Waals surface area contributed by atoms with Crippen molar-refractivity contribution in [2.24, 2.45) is 0 Å². The molecule has 4 heterocycles. The molecule has 31 heavy (non-hydrogen) atoms. The Morgan fingerprint density at radius 1 is 1.26 bits per heavy atom. The number of pyridine rings is 1. The van der Waals surface area contributed by atoms with E-state index in [-0.39, 0.29) is 30.5 Å². The van der Waals surface area contributed by atoms with E-state index in [9.17, 15) is 14.4 Å². The molecule has 0 radical (unpaired) electrons. The van der Waals surface area contributed by atoms with Crippen LogP contribution in [-0.2, 0) is 16.9 Å². The maximum Gasteiger partial charge on any atom is 0.322 e. The molecule has 1 aromatic carbocycles. The van der Waals surface area contributed by atoms with Gasteiger partial charge >= 0.3 is 6.03 Å². The molecule has 1 fully saturated rings. The second kappa shape index (κ2) is 6.56. The van der Waals surface area contributed by atoms with Crippen molar-refractivity contribution in [3.63, 3.8) is 0 Å². The summed E-state index contributed by atoms with van der Waals surface area (Å²) >= 11 is 0. The van der Waals surface area contributed by atoms with Gasteiger partial charge in [-0.25, -0.2) is 9.78 Å². The maximum atomic E-state index is 13.0. The number of ether oxygens (including phenoxy) is 1. The standard InChI is InChI=1S/C21H15N5O5/c1-30-13-4-2-11-9-26(18(27)14(11)6-13)10-21(19(28)24-20(29)25-21)17-7-15-16(31-17)5-3-12(8-22)23-15/h2-7H,9-10H2,1H3,(H2,24,25,28,29)/t21-/m0/s1. The Balaban J connectivity index is 1.55. The van der Waals surface area contributed by atoms with Crippen molar-refractivity contribution in [1.82, 2.24) is 20.5 Å². The zero-order chi connectivity index (χ0) is 21.8. The number of hydrogen-bond acceptors (Lipinski definition) is 7. The minimum absolute atomic E-state index is 0.120. The third-order valence-corrected chi connectivity index (χ3v) is 5.47. The van der Waals surface area contributed by atoms with Crippen LogP contribution >= 0.6 is 0 Å². The van der Waals surface area contributed by atoms with Crippen molar-refractivity contribution < 1.29 is 23.5 Å². The molecular formula is C21H15N5O5. The molecule has 2 N–H and O–H groups in total. The lowest BCUT2D eigenvalue weighted by Crippen LogP contribution is -2.52. The minimum Gasteiger partial charge on any atom is -0.497 e. The number of furan rings is 1. The zero-order valence-corrected chi connectivity index (χ0v) is 16.3. The van der Waals surface area contributed by atoms with E-state index in [0.717, 1.165) is 5.56 Å². The summed E-state index contributed by atoms with van der Waals surface area (Å²) in [6.45, 7) is 0.117. The highest BCUT2D eigenvalue weighted by Crippen LogP contribution is 2.34. The van der Waals surface area contributed by atoms with Gasteiger partial charge < -0.3 is 19.4 Å². The number of amides is 4. The molecule has 154 valence electrons. The van der Waals surface area contributed by atoms with Crippen LogP contribution in [0, 0.1) is 11.3 Å². The lowest BCUT2D eigenvalue weighted by molar-refractivity contribution is -0.125. The number of nitrogens with one attached hydrogen (secondary N) is 2. The van der Waals surface area contributed by atoms with Crippen LogP contribution in [0.25, 0.3) is 11.1 Å². The van der Waals surface area contributed by atoms with Gasteiger partial charge in [-0.3, -0.25) is 14.9 Å². The smallest absolute Gasteiger partial charge is 0.322 e. The van der Waals surface area contributed by atoms with Crippen molar-refractivity contribution in [3.8, 4) is 11.8 Å². The second-order valence-corrected chi connectivity index (χ2v) is 7.30. The molecule has 1 saturated heterocycles. The van der Waals surface area contributed by atoms with Gasteiger partial charge in [0.1, 0.15) is 28.8 Å². The molecule has 2 aromatic heterocycles. The predicted octanol–water partition coefficient (Wildman–Crippen LogP) is 1.40. The summed E-state index contributed by atoms with van der Waals surface area (Å²) < 4.78 is 11.0. The molecule has 2 aliphatic heterocycles. The van der Waals surface area contributed by atoms with E-state index < -0.39 is 17.5 Å². The molecule has 0 unspecified atom stereocenters. The molecule has 3 aromatic rings. The fourth-order valence-electron chi connectivity index (χ4n) is 3.93. The number of nitrogens with zero attached hydrogens (tertiary/aromatic N) is 3. The molecule has 0 aliphatic carbocycles. The van der Waals surface area contributed by atoms with Crippen LogP contribution in [0.3, 0.4) is 0 Å². The number of hydrogen-bond donors (Lipinski definition) is 2. The first-order chi connectivity index (χ1) is 14.9. The predicted molar refractivity (Wildman–Crippen MR) is 105 cm³/mol. The molecule has 5 rings (SSSR count). The summed E-state index contributed by atoms with van der Waals surface area (Å²) in [5, 5.41) is 13.9. The molecule has 2 aliphatic rings. The van der Waals surface area contributed by atoms with Crippen molar-refractivity contribution in [2.45, 2.75) is 12.1 Å². The number of imide groups is 1. The average molecular weight is 417 g/mol. The van der Waals surface area contributed by atoms with E-state index in [2.05, 4.69) is 15.6 Å². The Labute approximate surface area is 175 Å². The Morgan fingerprint density at radius 2 is 2.10 bits per heavy atom. The number of fused-ring (bicyclic) bond motifs is 2. The molecule has 10 heteroatoms. The zero-order valence-electron chi connectivity index (χ0n) is 16.3. The highest BCUT2D eigenvalue weighted by Gasteiger charge is 2.53. The van der Waals surface area contributed by atoms with Crippen LogP contribution in [0.4, 0.5) is 4.79 Å². The number of methoxy groups -OCH3 is 1. The number of urea groups is 1. The van der Waals surface area contributed by atoms with Gasteiger partial charge in [0.2, 0.25) is 0 Å². The molecule has 0 spiro atoms. The van der Waals surface area contributed by atoms with Gasteiger partial charge in [-0.1, -0.05) is 6.07 Å². The normalized spacial score (nSPS) is 19.9. The Bertz CT molecular complexity index is 1320. The SMILES string of the molecule is COc1ccc2c(c1)C(=O)N(C[C@@]1(c3cc4nc(C#N)ccc4o3)NC(=O)NC1=O)C2. The van der Waals surface area contributed by atoms with Gasteiger partial charge in [-0.15, -0.1) is 0 Å². The van der Waals surface area contributed by atoms with Crippen molar-refractivity contribution in [1.29, 1.82) is 5.26 Å². The lowest BCUT2D eigenvalue weighted by Gasteiger charge is -2.28. The summed E-state index contributed by atoms with van der Waals surface area (Å²) in [6.07, 6.45) is 0. The highest BCUT2D eigenvalue weighted by atomic mass is 16.5. The van der Waals surface area contributed by atoms with Crippen LogP contribution in [0.15, 0.2) is 40.8 Å². The van der Waals surface area contributed by atoms with E-state index in [1.165, 1.54) is 24.1 Å². The van der Waals surface area contributed by atoms with Gasteiger partial charge in [0.05, 0.1) is 13.7 Å². The van der Waals surface area contributed by atoms with Gasteiger partial charge in [0.15, 0.2) is 11.1 Å². The molecule has 4 amide bonds. The van der Waals surface area contributed by atoms with Crippen LogP contribution in [0.2, 0.25) is 0 Å². The van der Waals surface area contributed by atoms with Crippen LogP contribution < -0.4 is 15.4 Å². The first-order valence-corrected chi connectivity index (χ1v) is 9.34. The van der Waals surface area contributed by atoms with E-state index in [4.69, 9.17) is 14.4 Å². The summed E-state index contributed by atoms with van der Waals surface area (Å²) in [6, 6.07) is 11.0. The summed E-state index contributed by atoms with van der Waals surface area (Å²) in [7, 11) is 1.51. The Kier molecular flexibility index (Phi) is 3.94. The Morgan fingerprint density at radius 3 is 2.81 bits per heavy atom. The summed E-state index contributed by atoms with van der Waals surface area (Å²) in [5.41, 5.74) is 0.533. The third-order valence-electron chi connectivity index (χ3n) is 5.47. The number of benzene rings is 1. The van der Waals surface area contributed by atoms with E-state index >= 15 is 0 Å². The summed E-state index contributed by atoms with van der Waals surface area (Å²) in [5.74, 6) is -0.261. The van der Waals surface area contributed by atoms with Gasteiger partial charge in [0, 0.05) is 18.2 Å². The number of aromatic nitrogens is 1. The first-order valence-electron chi connectivity index (χ1n) is 9.34. The minimum atomic E-state index is -1.63. The van der Waals surface area contributed by atoms with E-state index in [0.29, 0.717) is 22.4 Å². The highest BCUT2D eigenvalue weighted by molar-refractivity contribution is 6.08. The second-order valence-electron chi connectivity index (χ2n) is 7.30. The topological polar surface area (TPSA) is 138 Å². The fraction of sp³-hybridized carbons (Fsp3) is 0.190. The van der Waals surface area contributed by atoms with Crippen LogP contribution in [0.5, 0.6) is 5.75 Å². The van der Waals surface area contributed by atoms with Crippen LogP contribution in [-0.4, -0.2) is 41.4 Å². The monoisotopic (exact) mass is 417 g/mol. The van der Waals surface area contributed by atoms with E-state index in [1.54, 1.807) is 24.3 Å². The number of rotatable bonds is 4. The number of carbonyl (C=O) groups is 3. The van der Waals surface area contributed by atoms with E-state index in [1.807, 2.05) is 6.07 Å². The van der Waals surface area contributed by atoms with Crippen LogP contribution in [0.1, 0.15) is 27.4 Å². The fourth-order valence-corrected chi connectivity index (χ4v) is 3.93. The lowest BCUT2D eigenvalue weighted by atomic mass is 9.95. The van der Waals surface area contributed by atoms with Crippen molar-refractivity contribution >= 4 is 28.9 Å². The van der Waals surface area contributed by atoms with Gasteiger partial charge in [-0.05, 0) is 29.8 Å². The molecule has 0 saturated carbocycles. The van der Waals surface area contributed by atoms with Gasteiger partial charge in [-0.2, -0.15) is 5.26 Å². The van der Waals surface area contributed by atoms with Gasteiger partial charge in [0.25, 0.3) is 11.8 Å². The first kappa shape index (κ1) is 18.6. The number of carbonyl (C=O) groups excluding carboxylic acids is 3. The largest absolute Gasteiger partial charge is 0.497 e. The maximum absolute atomic E-state index is 13.0. The third kappa shape index (κ3) is 2.78. The molecule has 10 nitrogen and oxygen atoms in total. The van der Waals surface area contributed by atoms with Crippen molar-refractivity contribution in [2.75, 3.05) is 13.7 Å². The summed E-state index contributed by atoms with van der Waals surface area (Å²) in [4.78, 5) is 43.6. The Hall–Kier alpha value is -4.39. The average Bonchev–Trinajstić information content (AvgIpc) is 3.41. The molecule has 0 bridgehead atoms.